The van der Waals surface area contributed by atoms with Gasteiger partial charge in [0.1, 0.15) is 5.01 Å². The number of hydrogen-bond acceptors (Lipinski definition) is 3. The molecule has 3 aliphatic rings. The molecule has 2 saturated heterocycles. The van der Waals surface area contributed by atoms with Crippen LogP contribution in [-0.2, 0) is 11.8 Å². The molecule has 0 spiro atoms. The SMILES string of the molecule is C=CC.CC.CC.CCc1cnc(C23CC(CN(C)C2)C3)s1. The number of hydrogen-bond donors (Lipinski definition) is 0. The molecule has 0 amide bonds. The number of likely N-dealkylation sites (N-methyl/N-ethyl adjacent to an activating group) is 1. The minimum absolute atomic E-state index is 0.440. The molecule has 3 heterocycles. The average Bonchev–Trinajstić information content (AvgIpc) is 3.00. The van der Waals surface area contributed by atoms with E-state index >= 15 is 0 Å². The number of aryl methyl sites for hydroxylation is 1. The highest BCUT2D eigenvalue weighted by molar-refractivity contribution is 7.11. The maximum Gasteiger partial charge on any atom is 0.100 e. The summed E-state index contributed by atoms with van der Waals surface area (Å²) in [6, 6.07) is 0. The van der Waals surface area contributed by atoms with E-state index in [1.54, 1.807) is 6.08 Å². The van der Waals surface area contributed by atoms with Crippen molar-refractivity contribution >= 4 is 11.3 Å². The van der Waals surface area contributed by atoms with Crippen molar-refractivity contribution in [2.45, 2.75) is 66.2 Å². The zero-order valence-corrected chi connectivity index (χ0v) is 16.6. The van der Waals surface area contributed by atoms with E-state index in [1.807, 2.05) is 46.0 Å². The fourth-order valence-corrected chi connectivity index (χ4v) is 4.34. The van der Waals surface area contributed by atoms with Crippen molar-refractivity contribution in [3.05, 3.63) is 28.7 Å². The molecule has 0 N–H and O–H groups in total. The molecule has 0 unspecified atom stereocenters. The van der Waals surface area contributed by atoms with Gasteiger partial charge < -0.3 is 4.90 Å². The quantitative estimate of drug-likeness (QED) is 0.664. The first-order valence-electron chi connectivity index (χ1n) is 8.84. The molecule has 2 aliphatic heterocycles. The highest BCUT2D eigenvalue weighted by Gasteiger charge is 2.51. The van der Waals surface area contributed by atoms with E-state index in [9.17, 15) is 0 Å². The third-order valence-electron chi connectivity index (χ3n) is 3.86. The van der Waals surface area contributed by atoms with Crippen molar-refractivity contribution in [3.63, 3.8) is 0 Å². The fraction of sp³-hybridized carbons (Fsp3) is 0.737. The van der Waals surface area contributed by atoms with Gasteiger partial charge in [-0.3, -0.25) is 0 Å². The molecule has 0 atom stereocenters. The van der Waals surface area contributed by atoms with Crippen LogP contribution >= 0.6 is 11.3 Å². The molecule has 4 rings (SSSR count). The van der Waals surface area contributed by atoms with Gasteiger partial charge >= 0.3 is 0 Å². The molecule has 1 aliphatic carbocycles. The number of nitrogens with zero attached hydrogens (tertiary/aromatic N) is 2. The summed E-state index contributed by atoms with van der Waals surface area (Å²) in [6.45, 7) is 18.0. The van der Waals surface area contributed by atoms with Crippen LogP contribution in [0.4, 0.5) is 0 Å². The van der Waals surface area contributed by atoms with Crippen LogP contribution in [0, 0.1) is 5.92 Å². The van der Waals surface area contributed by atoms with Crippen molar-refractivity contribution in [3.8, 4) is 0 Å². The fourth-order valence-electron chi connectivity index (χ4n) is 3.28. The molecule has 2 bridgehead atoms. The Balaban J connectivity index is 0.000000553. The summed E-state index contributed by atoms with van der Waals surface area (Å²) in [7, 11) is 2.24. The van der Waals surface area contributed by atoms with Gasteiger partial charge in [0.25, 0.3) is 0 Å². The van der Waals surface area contributed by atoms with E-state index in [2.05, 4.69) is 36.6 Å². The predicted octanol–water partition coefficient (Wildman–Crippen LogP) is 5.54. The third-order valence-corrected chi connectivity index (χ3v) is 5.25. The minimum Gasteiger partial charge on any atom is -0.305 e. The van der Waals surface area contributed by atoms with Gasteiger partial charge in [0.15, 0.2) is 0 Å². The molecule has 0 aromatic carbocycles. The van der Waals surface area contributed by atoms with E-state index in [0.29, 0.717) is 5.41 Å². The number of thiazole rings is 1. The van der Waals surface area contributed by atoms with Gasteiger partial charge in [0, 0.05) is 29.6 Å². The summed E-state index contributed by atoms with van der Waals surface area (Å²) in [6.07, 6.45) is 7.73. The van der Waals surface area contributed by atoms with Crippen molar-refractivity contribution in [2.75, 3.05) is 20.1 Å². The Bertz CT molecular complexity index is 405. The van der Waals surface area contributed by atoms with Crippen molar-refractivity contribution in [1.29, 1.82) is 0 Å². The second kappa shape index (κ2) is 11.0. The van der Waals surface area contributed by atoms with Gasteiger partial charge in [-0.15, -0.1) is 17.9 Å². The topological polar surface area (TPSA) is 16.1 Å². The van der Waals surface area contributed by atoms with Gasteiger partial charge in [-0.2, -0.15) is 0 Å². The lowest BCUT2D eigenvalue weighted by molar-refractivity contribution is 0.0103. The van der Waals surface area contributed by atoms with E-state index < -0.39 is 0 Å². The summed E-state index contributed by atoms with van der Waals surface area (Å²) in [4.78, 5) is 8.56. The Labute approximate surface area is 142 Å². The summed E-state index contributed by atoms with van der Waals surface area (Å²) < 4.78 is 0. The molecular weight excluding hydrogens is 288 g/mol. The Morgan fingerprint density at radius 2 is 1.91 bits per heavy atom. The third kappa shape index (κ3) is 5.20. The first-order chi connectivity index (χ1) is 10.6. The molecule has 128 valence electrons. The maximum absolute atomic E-state index is 4.65. The molecule has 3 heteroatoms. The van der Waals surface area contributed by atoms with Crippen LogP contribution in [0.5, 0.6) is 0 Å². The molecule has 0 radical (unpaired) electrons. The van der Waals surface area contributed by atoms with E-state index in [0.717, 1.165) is 12.3 Å². The lowest BCUT2D eigenvalue weighted by Crippen LogP contribution is -2.57. The predicted molar refractivity (Wildman–Crippen MR) is 102 cm³/mol. The number of allylic oxidation sites excluding steroid dienone is 1. The van der Waals surface area contributed by atoms with Crippen LogP contribution < -0.4 is 0 Å². The van der Waals surface area contributed by atoms with Gasteiger partial charge in [-0.25, -0.2) is 4.98 Å². The Morgan fingerprint density at radius 1 is 1.36 bits per heavy atom. The molecular formula is C19H36N2S. The van der Waals surface area contributed by atoms with Crippen LogP contribution in [0.3, 0.4) is 0 Å². The molecule has 1 aromatic rings. The Hall–Kier alpha value is -0.670. The number of piperidine rings is 2. The van der Waals surface area contributed by atoms with Gasteiger partial charge in [-0.1, -0.05) is 40.7 Å². The highest BCUT2D eigenvalue weighted by atomic mass is 32.1. The van der Waals surface area contributed by atoms with E-state index in [-0.39, 0.29) is 0 Å². The molecule has 1 aromatic heterocycles. The van der Waals surface area contributed by atoms with E-state index in [4.69, 9.17) is 0 Å². The van der Waals surface area contributed by atoms with Crippen molar-refractivity contribution < 1.29 is 0 Å². The standard InChI is InChI=1S/C12H18N2S.C3H6.2C2H6/c1-3-10-6-13-11(15-10)12-4-9(5-12)7-14(2)8-12;1-3-2;2*1-2/h6,9H,3-5,7-8H2,1-2H3;3H,1H2,2H3;2*1-2H3. The molecule has 2 nitrogen and oxygen atoms in total. The molecule has 1 saturated carbocycles. The minimum atomic E-state index is 0.440. The van der Waals surface area contributed by atoms with Crippen LogP contribution in [0.2, 0.25) is 0 Å². The van der Waals surface area contributed by atoms with Gasteiger partial charge in [0.05, 0.1) is 0 Å². The zero-order valence-electron chi connectivity index (χ0n) is 15.8. The largest absolute Gasteiger partial charge is 0.305 e. The van der Waals surface area contributed by atoms with Crippen LogP contribution in [-0.4, -0.2) is 30.0 Å². The summed E-state index contributed by atoms with van der Waals surface area (Å²) in [5.41, 5.74) is 0.440. The Kier molecular flexibility index (Phi) is 10.6. The lowest BCUT2D eigenvalue weighted by Gasteiger charge is -2.54. The summed E-state index contributed by atoms with van der Waals surface area (Å²) >= 11 is 1.94. The zero-order chi connectivity index (χ0) is 17.2. The number of rotatable bonds is 2. The summed E-state index contributed by atoms with van der Waals surface area (Å²) in [5, 5.41) is 1.40. The van der Waals surface area contributed by atoms with Gasteiger partial charge in [-0.05, 0) is 39.2 Å². The smallest absolute Gasteiger partial charge is 0.100 e. The van der Waals surface area contributed by atoms with Gasteiger partial charge in [0.2, 0.25) is 0 Å². The lowest BCUT2D eigenvalue weighted by atomic mass is 9.59. The first-order valence-corrected chi connectivity index (χ1v) is 9.66. The second-order valence-corrected chi connectivity index (χ2v) is 6.76. The monoisotopic (exact) mass is 324 g/mol. The van der Waals surface area contributed by atoms with Crippen molar-refractivity contribution in [1.82, 2.24) is 9.88 Å². The molecule has 22 heavy (non-hydrogen) atoms. The van der Waals surface area contributed by atoms with Crippen LogP contribution in [0.25, 0.3) is 0 Å². The van der Waals surface area contributed by atoms with Crippen LogP contribution in [0.1, 0.15) is 64.3 Å². The number of fused-ring (bicyclic) bond motifs is 2. The molecule has 3 fully saturated rings. The first kappa shape index (κ1) is 21.3. The van der Waals surface area contributed by atoms with Crippen LogP contribution in [0.15, 0.2) is 18.9 Å². The second-order valence-electron chi connectivity index (χ2n) is 5.64. The van der Waals surface area contributed by atoms with Crippen molar-refractivity contribution in [2.24, 2.45) is 5.92 Å². The highest BCUT2D eigenvalue weighted by Crippen LogP contribution is 2.52. The van der Waals surface area contributed by atoms with E-state index in [1.165, 1.54) is 35.8 Å². The Morgan fingerprint density at radius 3 is 2.32 bits per heavy atom. The number of aromatic nitrogens is 1. The average molecular weight is 325 g/mol. The summed E-state index contributed by atoms with van der Waals surface area (Å²) in [5.74, 6) is 0.942. The normalized spacial score (nSPS) is 25.1. The maximum atomic E-state index is 4.65.